The molecule has 2 aromatic heterocycles. The van der Waals surface area contributed by atoms with Crippen LogP contribution in [-0.2, 0) is 6.42 Å². The van der Waals surface area contributed by atoms with Gasteiger partial charge in [0.05, 0.1) is 11.8 Å². The van der Waals surface area contributed by atoms with Crippen LogP contribution < -0.4 is 15.5 Å². The highest BCUT2D eigenvalue weighted by atomic mass is 16.3. The summed E-state index contributed by atoms with van der Waals surface area (Å²) in [7, 11) is 3.65. The normalized spacial score (nSPS) is 12.0. The second kappa shape index (κ2) is 7.87. The van der Waals surface area contributed by atoms with Gasteiger partial charge in [0.25, 0.3) is 0 Å². The molecule has 3 N–H and O–H groups in total. The number of aliphatic hydroxyl groups excluding tert-OH is 1. The number of hydrogen-bond donors (Lipinski definition) is 3. The van der Waals surface area contributed by atoms with Crippen molar-refractivity contribution in [2.45, 2.75) is 26.4 Å². The predicted octanol–water partition coefficient (Wildman–Crippen LogP) is 1.44. The summed E-state index contributed by atoms with van der Waals surface area (Å²) in [6.07, 6.45) is 2.00. The molecular weight excluding hydrogens is 306 g/mol. The highest BCUT2D eigenvalue weighted by Gasteiger charge is 2.16. The molecule has 2 aromatic rings. The number of aryl methyl sites for hydroxylation is 1. The average molecular weight is 331 g/mol. The van der Waals surface area contributed by atoms with E-state index in [1.54, 1.807) is 20.0 Å². The number of anilines is 3. The van der Waals surface area contributed by atoms with Crippen molar-refractivity contribution in [3.05, 3.63) is 18.3 Å². The van der Waals surface area contributed by atoms with Crippen molar-refractivity contribution in [3.63, 3.8) is 0 Å². The molecule has 0 aliphatic heterocycles. The summed E-state index contributed by atoms with van der Waals surface area (Å²) in [6, 6.07) is 0. The molecule has 0 radical (unpaired) electrons. The van der Waals surface area contributed by atoms with Crippen molar-refractivity contribution < 1.29 is 5.11 Å². The molecule has 0 saturated heterocycles. The SMILES string of the molecule is C=CCNc1nc(NC)c2nc(N(C)C[C@H](C)O)nc(CC)c2n1. The zero-order chi connectivity index (χ0) is 17.7. The lowest BCUT2D eigenvalue weighted by Gasteiger charge is -2.20. The third-order valence-electron chi connectivity index (χ3n) is 3.46. The molecule has 0 unspecified atom stereocenters. The molecule has 2 heterocycles. The highest BCUT2D eigenvalue weighted by Crippen LogP contribution is 2.25. The number of aliphatic hydroxyl groups is 1. The Kier molecular flexibility index (Phi) is 5.86. The van der Waals surface area contributed by atoms with Gasteiger partial charge in [-0.2, -0.15) is 4.98 Å². The molecular formula is C16H25N7O. The number of hydrogen-bond acceptors (Lipinski definition) is 8. The summed E-state index contributed by atoms with van der Waals surface area (Å²) in [6.45, 7) is 8.47. The van der Waals surface area contributed by atoms with Crippen molar-refractivity contribution >= 4 is 28.7 Å². The maximum Gasteiger partial charge on any atom is 0.226 e. The van der Waals surface area contributed by atoms with Gasteiger partial charge in [-0.25, -0.2) is 15.0 Å². The lowest BCUT2D eigenvalue weighted by molar-refractivity contribution is 0.201. The number of fused-ring (bicyclic) bond motifs is 1. The summed E-state index contributed by atoms with van der Waals surface area (Å²) >= 11 is 0. The van der Waals surface area contributed by atoms with Gasteiger partial charge in [-0.05, 0) is 13.3 Å². The van der Waals surface area contributed by atoms with E-state index in [4.69, 9.17) is 0 Å². The fourth-order valence-corrected chi connectivity index (χ4v) is 2.37. The Labute approximate surface area is 142 Å². The van der Waals surface area contributed by atoms with E-state index in [1.165, 1.54) is 0 Å². The van der Waals surface area contributed by atoms with Crippen molar-refractivity contribution in [2.75, 3.05) is 42.7 Å². The molecule has 8 nitrogen and oxygen atoms in total. The Morgan fingerprint density at radius 1 is 1.25 bits per heavy atom. The van der Waals surface area contributed by atoms with Crippen LogP contribution in [0.25, 0.3) is 11.0 Å². The first-order valence-electron chi connectivity index (χ1n) is 8.00. The first-order valence-corrected chi connectivity index (χ1v) is 8.00. The van der Waals surface area contributed by atoms with Gasteiger partial charge in [-0.1, -0.05) is 13.0 Å². The zero-order valence-corrected chi connectivity index (χ0v) is 14.7. The molecule has 0 saturated carbocycles. The number of aromatic nitrogens is 4. The summed E-state index contributed by atoms with van der Waals surface area (Å²) in [4.78, 5) is 20.0. The quantitative estimate of drug-likeness (QED) is 0.625. The third-order valence-corrected chi connectivity index (χ3v) is 3.46. The smallest absolute Gasteiger partial charge is 0.226 e. The van der Waals surface area contributed by atoms with E-state index in [9.17, 15) is 5.11 Å². The van der Waals surface area contributed by atoms with Crippen LogP contribution in [0.1, 0.15) is 19.5 Å². The van der Waals surface area contributed by atoms with Gasteiger partial charge in [0, 0.05) is 27.2 Å². The molecule has 0 aliphatic carbocycles. The van der Waals surface area contributed by atoms with E-state index in [0.29, 0.717) is 36.3 Å². The molecule has 0 amide bonds. The molecule has 8 heteroatoms. The summed E-state index contributed by atoms with van der Waals surface area (Å²) < 4.78 is 0. The Balaban J connectivity index is 2.58. The van der Waals surface area contributed by atoms with Gasteiger partial charge in [0.1, 0.15) is 11.0 Å². The van der Waals surface area contributed by atoms with Crippen LogP contribution in [0.4, 0.5) is 17.7 Å². The van der Waals surface area contributed by atoms with E-state index in [2.05, 4.69) is 37.1 Å². The van der Waals surface area contributed by atoms with Crippen LogP contribution in [0.5, 0.6) is 0 Å². The molecule has 2 rings (SSSR count). The standard InChI is InChI=1S/C16H25N7O/c1-6-8-18-15-20-12-11(7-2)19-16(23(5)9-10(3)24)21-13(12)14(17-4)22-15/h6,10,24H,1,7-9H2,2-5H3,(H2,17,18,20,22)/t10-/m0/s1. The van der Waals surface area contributed by atoms with Crippen LogP contribution in [-0.4, -0.2) is 58.3 Å². The van der Waals surface area contributed by atoms with Gasteiger partial charge in [0.15, 0.2) is 5.82 Å². The third kappa shape index (κ3) is 3.88. The van der Waals surface area contributed by atoms with E-state index in [0.717, 1.165) is 17.6 Å². The molecule has 130 valence electrons. The fourth-order valence-electron chi connectivity index (χ4n) is 2.37. The molecule has 0 fully saturated rings. The first-order chi connectivity index (χ1) is 11.5. The van der Waals surface area contributed by atoms with Crippen molar-refractivity contribution in [1.29, 1.82) is 0 Å². The number of likely N-dealkylation sites (N-methyl/N-ethyl adjacent to an activating group) is 1. The molecule has 0 aliphatic rings. The molecule has 0 aromatic carbocycles. The first kappa shape index (κ1) is 17.9. The van der Waals surface area contributed by atoms with Crippen LogP contribution in [0, 0.1) is 0 Å². The van der Waals surface area contributed by atoms with Gasteiger partial charge in [0.2, 0.25) is 11.9 Å². The minimum Gasteiger partial charge on any atom is -0.392 e. The van der Waals surface area contributed by atoms with E-state index in [1.807, 2.05) is 18.9 Å². The maximum absolute atomic E-state index is 9.59. The number of nitrogens with one attached hydrogen (secondary N) is 2. The molecule has 0 bridgehead atoms. The summed E-state index contributed by atoms with van der Waals surface area (Å²) in [5.74, 6) is 1.69. The fraction of sp³-hybridized carbons (Fsp3) is 0.500. The lowest BCUT2D eigenvalue weighted by Crippen LogP contribution is -2.28. The Hall–Kier alpha value is -2.48. The van der Waals surface area contributed by atoms with Gasteiger partial charge in [-0.15, -0.1) is 6.58 Å². The second-order valence-electron chi connectivity index (χ2n) is 5.57. The van der Waals surface area contributed by atoms with E-state index in [-0.39, 0.29) is 0 Å². The van der Waals surface area contributed by atoms with E-state index < -0.39 is 6.10 Å². The molecule has 0 spiro atoms. The summed E-state index contributed by atoms with van der Waals surface area (Å²) in [5, 5.41) is 15.8. The highest BCUT2D eigenvalue weighted by molar-refractivity contribution is 5.88. The number of rotatable bonds is 8. The zero-order valence-electron chi connectivity index (χ0n) is 14.7. The van der Waals surface area contributed by atoms with Crippen molar-refractivity contribution in [1.82, 2.24) is 19.9 Å². The molecule has 24 heavy (non-hydrogen) atoms. The largest absolute Gasteiger partial charge is 0.392 e. The topological polar surface area (TPSA) is 99.1 Å². The Morgan fingerprint density at radius 2 is 2.00 bits per heavy atom. The van der Waals surface area contributed by atoms with Crippen LogP contribution in [0.15, 0.2) is 12.7 Å². The average Bonchev–Trinajstić information content (AvgIpc) is 2.57. The maximum atomic E-state index is 9.59. The van der Waals surface area contributed by atoms with Crippen LogP contribution in [0.2, 0.25) is 0 Å². The van der Waals surface area contributed by atoms with Gasteiger partial charge in [-0.3, -0.25) is 0 Å². The van der Waals surface area contributed by atoms with E-state index >= 15 is 0 Å². The van der Waals surface area contributed by atoms with Gasteiger partial charge >= 0.3 is 0 Å². The van der Waals surface area contributed by atoms with Crippen molar-refractivity contribution in [3.8, 4) is 0 Å². The lowest BCUT2D eigenvalue weighted by atomic mass is 10.2. The second-order valence-corrected chi connectivity index (χ2v) is 5.57. The predicted molar refractivity (Wildman–Crippen MR) is 97.7 cm³/mol. The van der Waals surface area contributed by atoms with Crippen LogP contribution in [0.3, 0.4) is 0 Å². The Morgan fingerprint density at radius 3 is 2.58 bits per heavy atom. The minimum atomic E-state index is -0.468. The monoisotopic (exact) mass is 331 g/mol. The Bertz CT molecular complexity index is 717. The minimum absolute atomic E-state index is 0.448. The van der Waals surface area contributed by atoms with Crippen LogP contribution >= 0.6 is 0 Å². The van der Waals surface area contributed by atoms with Gasteiger partial charge < -0.3 is 20.6 Å². The summed E-state index contributed by atoms with van der Waals surface area (Å²) in [5.41, 5.74) is 2.23. The van der Waals surface area contributed by atoms with Crippen molar-refractivity contribution in [2.24, 2.45) is 0 Å². The number of nitrogens with zero attached hydrogens (tertiary/aromatic N) is 5. The molecule has 1 atom stereocenters.